The zero-order valence-corrected chi connectivity index (χ0v) is 17.3. The third-order valence-corrected chi connectivity index (χ3v) is 5.69. The molecule has 0 bridgehead atoms. The Morgan fingerprint density at radius 1 is 1.26 bits per heavy atom. The standard InChI is InChI=1S/C21H34N2O4/c1-6-26-17-13-15(10-11-16(17)25-5)9-8-12-23-19(24)21(22)14-18(27-7-2)20(21,3)4/h10-11,13,18H,6-9,12,14,22H2,1-5H3,(H,23,24). The van der Waals surface area contributed by atoms with Crippen LogP contribution in [0.4, 0.5) is 0 Å². The highest BCUT2D eigenvalue weighted by Gasteiger charge is 2.62. The second-order valence-corrected chi connectivity index (χ2v) is 7.62. The van der Waals surface area contributed by atoms with E-state index in [-0.39, 0.29) is 17.4 Å². The summed E-state index contributed by atoms with van der Waals surface area (Å²) in [4.78, 5) is 12.6. The fourth-order valence-electron chi connectivity index (χ4n) is 3.62. The Kier molecular flexibility index (Phi) is 7.12. The summed E-state index contributed by atoms with van der Waals surface area (Å²) in [5.41, 5.74) is 6.32. The Morgan fingerprint density at radius 3 is 2.59 bits per heavy atom. The van der Waals surface area contributed by atoms with Crippen LogP contribution in [-0.2, 0) is 16.0 Å². The number of hydrogen-bond acceptors (Lipinski definition) is 5. The van der Waals surface area contributed by atoms with Gasteiger partial charge in [-0.25, -0.2) is 0 Å². The lowest BCUT2D eigenvalue weighted by Gasteiger charge is -2.57. The van der Waals surface area contributed by atoms with E-state index in [4.69, 9.17) is 19.9 Å². The lowest BCUT2D eigenvalue weighted by molar-refractivity contribution is -0.170. The molecule has 0 radical (unpaired) electrons. The maximum Gasteiger partial charge on any atom is 0.240 e. The molecule has 0 saturated heterocycles. The zero-order chi connectivity index (χ0) is 20.1. The predicted molar refractivity (Wildman–Crippen MR) is 106 cm³/mol. The summed E-state index contributed by atoms with van der Waals surface area (Å²) in [6, 6.07) is 5.93. The quantitative estimate of drug-likeness (QED) is 0.612. The van der Waals surface area contributed by atoms with Crippen molar-refractivity contribution < 1.29 is 19.0 Å². The van der Waals surface area contributed by atoms with Gasteiger partial charge in [0, 0.05) is 25.0 Å². The molecule has 0 aromatic heterocycles. The van der Waals surface area contributed by atoms with Gasteiger partial charge in [0.05, 0.1) is 19.8 Å². The summed E-state index contributed by atoms with van der Waals surface area (Å²) in [6.45, 7) is 9.73. The van der Waals surface area contributed by atoms with Crippen LogP contribution in [0.2, 0.25) is 0 Å². The van der Waals surface area contributed by atoms with E-state index in [1.165, 1.54) is 0 Å². The predicted octanol–water partition coefficient (Wildman–Crippen LogP) is 2.68. The van der Waals surface area contributed by atoms with Crippen molar-refractivity contribution in [2.45, 2.75) is 58.6 Å². The van der Waals surface area contributed by atoms with E-state index in [0.717, 1.165) is 29.9 Å². The highest BCUT2D eigenvalue weighted by molar-refractivity contribution is 5.88. The number of carbonyl (C=O) groups excluding carboxylic acids is 1. The Labute approximate surface area is 162 Å². The molecule has 6 heteroatoms. The highest BCUT2D eigenvalue weighted by atomic mass is 16.5. The SMILES string of the molecule is CCOc1cc(CCCNC(=O)C2(N)CC(OCC)C2(C)C)ccc1OC. The minimum atomic E-state index is -0.866. The summed E-state index contributed by atoms with van der Waals surface area (Å²) >= 11 is 0. The van der Waals surface area contributed by atoms with Gasteiger partial charge in [-0.3, -0.25) is 4.79 Å². The second kappa shape index (κ2) is 8.93. The fraction of sp³-hybridized carbons (Fsp3) is 0.667. The molecule has 1 fully saturated rings. The molecule has 2 unspecified atom stereocenters. The van der Waals surface area contributed by atoms with Crippen LogP contribution in [0.1, 0.15) is 46.1 Å². The number of nitrogens with two attached hydrogens (primary N) is 1. The van der Waals surface area contributed by atoms with E-state index in [0.29, 0.717) is 26.2 Å². The maximum absolute atomic E-state index is 12.6. The zero-order valence-electron chi connectivity index (χ0n) is 17.3. The van der Waals surface area contributed by atoms with Crippen molar-refractivity contribution >= 4 is 5.91 Å². The number of aryl methyl sites for hydroxylation is 1. The Bertz CT molecular complexity index is 647. The topological polar surface area (TPSA) is 82.8 Å². The molecule has 1 aliphatic carbocycles. The number of nitrogens with one attached hydrogen (secondary N) is 1. The first kappa shape index (κ1) is 21.5. The number of hydrogen-bond donors (Lipinski definition) is 2. The van der Waals surface area contributed by atoms with Crippen molar-refractivity contribution in [3.05, 3.63) is 23.8 Å². The van der Waals surface area contributed by atoms with Crippen LogP contribution in [0.25, 0.3) is 0 Å². The summed E-state index contributed by atoms with van der Waals surface area (Å²) in [7, 11) is 1.63. The van der Waals surface area contributed by atoms with Gasteiger partial charge in [-0.1, -0.05) is 19.9 Å². The Hall–Kier alpha value is -1.79. The summed E-state index contributed by atoms with van der Waals surface area (Å²) in [5, 5.41) is 3.00. The number of amides is 1. The van der Waals surface area contributed by atoms with E-state index in [9.17, 15) is 4.79 Å². The molecule has 1 aromatic carbocycles. The molecular formula is C21H34N2O4. The van der Waals surface area contributed by atoms with Crippen LogP contribution >= 0.6 is 0 Å². The van der Waals surface area contributed by atoms with Crippen LogP contribution in [0.5, 0.6) is 11.5 Å². The van der Waals surface area contributed by atoms with Gasteiger partial charge in [0.25, 0.3) is 0 Å². The molecule has 1 saturated carbocycles. The molecule has 1 amide bonds. The molecule has 1 aliphatic rings. The molecule has 152 valence electrons. The largest absolute Gasteiger partial charge is 0.493 e. The molecular weight excluding hydrogens is 344 g/mol. The summed E-state index contributed by atoms with van der Waals surface area (Å²) in [6.07, 6.45) is 2.27. The molecule has 3 N–H and O–H groups in total. The number of methoxy groups -OCH3 is 1. The second-order valence-electron chi connectivity index (χ2n) is 7.62. The Morgan fingerprint density at radius 2 is 2.00 bits per heavy atom. The van der Waals surface area contributed by atoms with Crippen LogP contribution < -0.4 is 20.5 Å². The van der Waals surface area contributed by atoms with Gasteiger partial charge < -0.3 is 25.3 Å². The first-order valence-electron chi connectivity index (χ1n) is 9.78. The first-order valence-corrected chi connectivity index (χ1v) is 9.78. The molecule has 1 aromatic rings. The summed E-state index contributed by atoms with van der Waals surface area (Å²) < 4.78 is 16.6. The van der Waals surface area contributed by atoms with Gasteiger partial charge in [0.15, 0.2) is 11.5 Å². The first-order chi connectivity index (χ1) is 12.8. The lowest BCUT2D eigenvalue weighted by atomic mass is 9.54. The van der Waals surface area contributed by atoms with Crippen molar-refractivity contribution in [3.63, 3.8) is 0 Å². The summed E-state index contributed by atoms with van der Waals surface area (Å²) in [5.74, 6) is 1.39. The third kappa shape index (κ3) is 4.38. The van der Waals surface area contributed by atoms with E-state index < -0.39 is 5.54 Å². The van der Waals surface area contributed by atoms with Crippen LogP contribution in [0.15, 0.2) is 18.2 Å². The van der Waals surface area contributed by atoms with Crippen LogP contribution in [0, 0.1) is 5.41 Å². The van der Waals surface area contributed by atoms with Crippen molar-refractivity contribution in [3.8, 4) is 11.5 Å². The van der Waals surface area contributed by atoms with Crippen molar-refractivity contribution in [2.24, 2.45) is 11.1 Å². The van der Waals surface area contributed by atoms with E-state index in [1.54, 1.807) is 7.11 Å². The number of carbonyl (C=O) groups is 1. The number of benzene rings is 1. The van der Waals surface area contributed by atoms with Crippen molar-refractivity contribution in [2.75, 3.05) is 26.9 Å². The van der Waals surface area contributed by atoms with E-state index in [1.807, 2.05) is 45.9 Å². The molecule has 0 aliphatic heterocycles. The molecule has 6 nitrogen and oxygen atoms in total. The van der Waals surface area contributed by atoms with Gasteiger partial charge in [-0.15, -0.1) is 0 Å². The Balaban J connectivity index is 1.83. The average Bonchev–Trinajstić information content (AvgIpc) is 2.65. The third-order valence-electron chi connectivity index (χ3n) is 5.69. The number of rotatable bonds is 10. The molecule has 0 spiro atoms. The van der Waals surface area contributed by atoms with Gasteiger partial charge in [-0.2, -0.15) is 0 Å². The molecule has 27 heavy (non-hydrogen) atoms. The van der Waals surface area contributed by atoms with E-state index >= 15 is 0 Å². The van der Waals surface area contributed by atoms with E-state index in [2.05, 4.69) is 5.32 Å². The highest BCUT2D eigenvalue weighted by Crippen LogP contribution is 2.49. The maximum atomic E-state index is 12.6. The minimum absolute atomic E-state index is 0.0366. The molecule has 2 atom stereocenters. The minimum Gasteiger partial charge on any atom is -0.493 e. The smallest absolute Gasteiger partial charge is 0.240 e. The fourth-order valence-corrected chi connectivity index (χ4v) is 3.62. The molecule has 0 heterocycles. The van der Waals surface area contributed by atoms with Crippen LogP contribution in [-0.4, -0.2) is 44.4 Å². The van der Waals surface area contributed by atoms with Gasteiger partial charge in [0.2, 0.25) is 5.91 Å². The van der Waals surface area contributed by atoms with Crippen LogP contribution in [0.3, 0.4) is 0 Å². The van der Waals surface area contributed by atoms with Gasteiger partial charge >= 0.3 is 0 Å². The van der Waals surface area contributed by atoms with Crippen molar-refractivity contribution in [1.29, 1.82) is 0 Å². The normalized spacial score (nSPS) is 23.4. The molecule has 2 rings (SSSR count). The monoisotopic (exact) mass is 378 g/mol. The lowest BCUT2D eigenvalue weighted by Crippen LogP contribution is -2.75. The average molecular weight is 379 g/mol. The van der Waals surface area contributed by atoms with Gasteiger partial charge in [0.1, 0.15) is 5.54 Å². The van der Waals surface area contributed by atoms with Gasteiger partial charge in [-0.05, 0) is 44.4 Å². The van der Waals surface area contributed by atoms with Crippen molar-refractivity contribution in [1.82, 2.24) is 5.32 Å². The number of ether oxygens (including phenoxy) is 3.